The molecule has 3 heterocycles. The van der Waals surface area contributed by atoms with E-state index in [9.17, 15) is 4.39 Å². The molecule has 1 unspecified atom stereocenters. The Morgan fingerprint density at radius 1 is 1.44 bits per heavy atom. The van der Waals surface area contributed by atoms with Crippen molar-refractivity contribution in [2.45, 2.75) is 6.17 Å². The van der Waals surface area contributed by atoms with Crippen LogP contribution in [0.25, 0.3) is 0 Å². The van der Waals surface area contributed by atoms with Crippen molar-refractivity contribution in [1.29, 1.82) is 0 Å². The minimum absolute atomic E-state index is 0.0725. The van der Waals surface area contributed by atoms with E-state index in [1.54, 1.807) is 7.05 Å². The molecule has 1 atom stereocenters. The summed E-state index contributed by atoms with van der Waals surface area (Å²) in [4.78, 5) is 4.25. The fourth-order valence-corrected chi connectivity index (χ4v) is 2.13. The first-order valence-electron chi connectivity index (χ1n) is 5.78. The third kappa shape index (κ3) is 1.66. The van der Waals surface area contributed by atoms with Crippen molar-refractivity contribution >= 4 is 5.84 Å². The summed E-state index contributed by atoms with van der Waals surface area (Å²) in [6.45, 7) is 0.160. The lowest BCUT2D eigenvalue weighted by Gasteiger charge is -2.21. The third-order valence-corrected chi connectivity index (χ3v) is 3.03. The number of amidine groups is 1. The van der Waals surface area contributed by atoms with E-state index in [-0.39, 0.29) is 24.4 Å². The highest BCUT2D eigenvalue weighted by Gasteiger charge is 2.28. The first-order valence-corrected chi connectivity index (χ1v) is 5.78. The molecule has 0 aliphatic carbocycles. The van der Waals surface area contributed by atoms with Crippen molar-refractivity contribution in [1.82, 2.24) is 21.3 Å². The summed E-state index contributed by atoms with van der Waals surface area (Å²) >= 11 is 0. The molecule has 0 radical (unpaired) electrons. The molecule has 0 aromatic carbocycles. The van der Waals surface area contributed by atoms with Gasteiger partial charge in [-0.15, -0.1) is 0 Å². The highest BCUT2D eigenvalue weighted by Crippen LogP contribution is 2.23. The predicted octanol–water partition coefficient (Wildman–Crippen LogP) is 0.203. The molecule has 6 heteroatoms. The normalized spacial score (nSPS) is 25.2. The zero-order valence-electron chi connectivity index (χ0n) is 9.92. The summed E-state index contributed by atoms with van der Waals surface area (Å²) < 4.78 is 13.4. The minimum atomic E-state index is -0.278. The summed E-state index contributed by atoms with van der Waals surface area (Å²) in [6, 6.07) is 0. The van der Waals surface area contributed by atoms with Gasteiger partial charge in [-0.1, -0.05) is 6.08 Å². The SMILES string of the molecule is CNC1=C(F)CNC(C2=CNC3NC=CC=C23)=N1. The van der Waals surface area contributed by atoms with E-state index in [1.165, 1.54) is 0 Å². The van der Waals surface area contributed by atoms with Crippen LogP contribution in [0.15, 0.2) is 52.3 Å². The molecular weight excluding hydrogens is 233 g/mol. The van der Waals surface area contributed by atoms with Crippen LogP contribution in [0.3, 0.4) is 0 Å². The van der Waals surface area contributed by atoms with E-state index in [0.29, 0.717) is 5.84 Å². The number of hydrogen-bond acceptors (Lipinski definition) is 5. The highest BCUT2D eigenvalue weighted by atomic mass is 19.1. The maximum Gasteiger partial charge on any atom is 0.161 e. The van der Waals surface area contributed by atoms with Crippen LogP contribution in [0.2, 0.25) is 0 Å². The Hall–Kier alpha value is -2.24. The van der Waals surface area contributed by atoms with Gasteiger partial charge in [0.05, 0.1) is 6.54 Å². The maximum atomic E-state index is 13.4. The van der Waals surface area contributed by atoms with E-state index in [4.69, 9.17) is 0 Å². The summed E-state index contributed by atoms with van der Waals surface area (Å²) in [5.74, 6) is 0.687. The van der Waals surface area contributed by atoms with Crippen LogP contribution in [-0.4, -0.2) is 25.6 Å². The maximum absolute atomic E-state index is 13.4. The molecule has 18 heavy (non-hydrogen) atoms. The number of halogens is 1. The van der Waals surface area contributed by atoms with Gasteiger partial charge in [-0.2, -0.15) is 0 Å². The van der Waals surface area contributed by atoms with Gasteiger partial charge in [0.15, 0.2) is 11.6 Å². The van der Waals surface area contributed by atoms with Crippen molar-refractivity contribution in [3.05, 3.63) is 47.3 Å². The quantitative estimate of drug-likeness (QED) is 0.563. The molecule has 0 aromatic heterocycles. The number of hydrogen-bond donors (Lipinski definition) is 4. The van der Waals surface area contributed by atoms with E-state index in [1.807, 2.05) is 24.6 Å². The number of fused-ring (bicyclic) bond motifs is 1. The van der Waals surface area contributed by atoms with Gasteiger partial charge in [-0.3, -0.25) is 0 Å². The monoisotopic (exact) mass is 247 g/mol. The summed E-state index contributed by atoms with van der Waals surface area (Å²) in [5, 5.41) is 12.1. The Kier molecular flexibility index (Phi) is 2.55. The summed E-state index contributed by atoms with van der Waals surface area (Å²) in [5.41, 5.74) is 2.05. The topological polar surface area (TPSA) is 60.5 Å². The second-order valence-corrected chi connectivity index (χ2v) is 4.12. The van der Waals surface area contributed by atoms with Crippen molar-refractivity contribution in [3.63, 3.8) is 0 Å². The number of allylic oxidation sites excluding steroid dienone is 2. The molecule has 5 nitrogen and oxygen atoms in total. The van der Waals surface area contributed by atoms with E-state index < -0.39 is 0 Å². The molecule has 4 N–H and O–H groups in total. The highest BCUT2D eigenvalue weighted by molar-refractivity contribution is 6.04. The Bertz CT molecular complexity index is 527. The Balaban J connectivity index is 1.93. The molecule has 0 amide bonds. The first-order chi connectivity index (χ1) is 8.79. The Morgan fingerprint density at radius 3 is 3.17 bits per heavy atom. The molecule has 0 saturated heterocycles. The van der Waals surface area contributed by atoms with Crippen LogP contribution in [0, 0.1) is 0 Å². The average molecular weight is 247 g/mol. The van der Waals surface area contributed by atoms with E-state index >= 15 is 0 Å². The number of aliphatic imine (C=N–C) groups is 1. The third-order valence-electron chi connectivity index (χ3n) is 3.03. The van der Waals surface area contributed by atoms with Gasteiger partial charge in [0.1, 0.15) is 12.0 Å². The minimum Gasteiger partial charge on any atom is -0.371 e. The van der Waals surface area contributed by atoms with Gasteiger partial charge in [-0.05, 0) is 12.3 Å². The summed E-state index contributed by atoms with van der Waals surface area (Å²) in [7, 11) is 1.66. The number of nitrogens with one attached hydrogen (secondary N) is 4. The second-order valence-electron chi connectivity index (χ2n) is 4.12. The standard InChI is InChI=1S/C12H14FN5/c1-14-12-9(13)6-17-11(18-12)8-5-16-10-7(8)3-2-4-15-10/h2-5,10,14-16H,6H2,1H3,(H,17,18). The fourth-order valence-electron chi connectivity index (χ4n) is 2.13. The molecular formula is C12H14FN5. The van der Waals surface area contributed by atoms with Crippen LogP contribution in [0.4, 0.5) is 4.39 Å². The lowest BCUT2D eigenvalue weighted by Crippen LogP contribution is -2.37. The summed E-state index contributed by atoms with van der Waals surface area (Å²) in [6.07, 6.45) is 7.80. The lowest BCUT2D eigenvalue weighted by atomic mass is 10.0. The van der Waals surface area contributed by atoms with Crippen molar-refractivity contribution in [2.24, 2.45) is 4.99 Å². The van der Waals surface area contributed by atoms with Crippen LogP contribution < -0.4 is 21.3 Å². The molecule has 0 bridgehead atoms. The lowest BCUT2D eigenvalue weighted by molar-refractivity contribution is 0.570. The second kappa shape index (κ2) is 4.21. The Morgan fingerprint density at radius 2 is 2.33 bits per heavy atom. The molecule has 3 rings (SSSR count). The largest absolute Gasteiger partial charge is 0.371 e. The molecule has 0 spiro atoms. The molecule has 3 aliphatic rings. The van der Waals surface area contributed by atoms with Crippen LogP contribution in [0.5, 0.6) is 0 Å². The smallest absolute Gasteiger partial charge is 0.161 e. The molecule has 94 valence electrons. The number of nitrogens with zero attached hydrogens (tertiary/aromatic N) is 1. The van der Waals surface area contributed by atoms with Crippen LogP contribution in [0.1, 0.15) is 0 Å². The molecule has 0 aromatic rings. The van der Waals surface area contributed by atoms with Crippen molar-refractivity contribution in [2.75, 3.05) is 13.6 Å². The number of dihydropyridines is 1. The van der Waals surface area contributed by atoms with Gasteiger partial charge in [0.2, 0.25) is 0 Å². The van der Waals surface area contributed by atoms with Crippen LogP contribution in [-0.2, 0) is 0 Å². The van der Waals surface area contributed by atoms with Crippen molar-refractivity contribution in [3.8, 4) is 0 Å². The van der Waals surface area contributed by atoms with Gasteiger partial charge >= 0.3 is 0 Å². The van der Waals surface area contributed by atoms with Gasteiger partial charge in [0, 0.05) is 24.4 Å². The fraction of sp³-hybridized carbons (Fsp3) is 0.250. The van der Waals surface area contributed by atoms with Crippen molar-refractivity contribution < 1.29 is 4.39 Å². The van der Waals surface area contributed by atoms with Gasteiger partial charge in [0.25, 0.3) is 0 Å². The average Bonchev–Trinajstić information content (AvgIpc) is 2.83. The zero-order valence-corrected chi connectivity index (χ0v) is 9.92. The number of rotatable bonds is 2. The van der Waals surface area contributed by atoms with E-state index in [2.05, 4.69) is 26.3 Å². The van der Waals surface area contributed by atoms with Gasteiger partial charge in [-0.25, -0.2) is 9.38 Å². The van der Waals surface area contributed by atoms with E-state index in [0.717, 1.165) is 11.1 Å². The molecule has 3 aliphatic heterocycles. The predicted molar refractivity (Wildman–Crippen MR) is 68.0 cm³/mol. The van der Waals surface area contributed by atoms with Gasteiger partial charge < -0.3 is 21.3 Å². The zero-order chi connectivity index (χ0) is 12.5. The molecule has 0 saturated carbocycles. The van der Waals surface area contributed by atoms with Crippen LogP contribution >= 0.6 is 0 Å². The first kappa shape index (κ1) is 10.9. The Labute approximate surface area is 104 Å². The molecule has 0 fully saturated rings.